The number of hydrogen-bond acceptors (Lipinski definition) is 6. The molecule has 35 heavy (non-hydrogen) atoms. The number of hydrogen-bond donors (Lipinski definition) is 1. The van der Waals surface area contributed by atoms with Gasteiger partial charge in [-0.1, -0.05) is 17.4 Å². The summed E-state index contributed by atoms with van der Waals surface area (Å²) in [5.74, 6) is 0.602. The lowest BCUT2D eigenvalue weighted by molar-refractivity contribution is 0.0815. The highest BCUT2D eigenvalue weighted by molar-refractivity contribution is 7.13. The van der Waals surface area contributed by atoms with Crippen molar-refractivity contribution < 1.29 is 18.3 Å². The molecule has 1 saturated carbocycles. The number of amides is 1. The molecule has 1 amide bonds. The molecule has 1 fully saturated rings. The quantitative estimate of drug-likeness (QED) is 0.477. The van der Waals surface area contributed by atoms with E-state index in [4.69, 9.17) is 4.74 Å². The monoisotopic (exact) mass is 501 g/mol. The highest BCUT2D eigenvalue weighted by atomic mass is 32.1. The fourth-order valence-corrected chi connectivity index (χ4v) is 5.98. The maximum atomic E-state index is 12.7. The summed E-state index contributed by atoms with van der Waals surface area (Å²) < 4.78 is 31.5. The van der Waals surface area contributed by atoms with E-state index in [9.17, 15) is 13.6 Å². The van der Waals surface area contributed by atoms with Crippen LogP contribution in [-0.2, 0) is 13.0 Å². The minimum absolute atomic E-state index is 0.0893. The number of fused-ring (bicyclic) bond motifs is 2. The third kappa shape index (κ3) is 5.90. The van der Waals surface area contributed by atoms with E-state index in [0.29, 0.717) is 22.2 Å². The molecule has 2 aliphatic rings. The zero-order valence-corrected chi connectivity index (χ0v) is 20.3. The zero-order valence-electron chi connectivity index (χ0n) is 19.5. The van der Waals surface area contributed by atoms with Crippen LogP contribution >= 0.6 is 11.3 Å². The topological polar surface area (TPSA) is 71.8 Å². The van der Waals surface area contributed by atoms with Crippen molar-refractivity contribution >= 4 is 22.8 Å². The molecular formula is C25H29F2N5O2S. The molecule has 3 aromatic heterocycles. The van der Waals surface area contributed by atoms with Gasteiger partial charge in [0, 0.05) is 36.3 Å². The highest BCUT2D eigenvalue weighted by Crippen LogP contribution is 2.31. The maximum Gasteiger partial charge on any atom is 0.273 e. The van der Waals surface area contributed by atoms with Crippen molar-refractivity contribution in [3.8, 4) is 5.19 Å². The van der Waals surface area contributed by atoms with E-state index in [1.54, 1.807) is 23.0 Å². The largest absolute Gasteiger partial charge is 0.464 e. The van der Waals surface area contributed by atoms with Gasteiger partial charge in [0.2, 0.25) is 0 Å². The smallest absolute Gasteiger partial charge is 0.273 e. The molecule has 0 radical (unpaired) electrons. The Morgan fingerprint density at radius 3 is 3.00 bits per heavy atom. The van der Waals surface area contributed by atoms with Crippen molar-refractivity contribution in [3.05, 3.63) is 46.7 Å². The number of aromatic nitrogens is 3. The number of carbonyl (C=O) groups excluding carboxylic acids is 1. The molecule has 0 unspecified atom stereocenters. The predicted octanol–water partition coefficient (Wildman–Crippen LogP) is 4.16. The van der Waals surface area contributed by atoms with E-state index in [1.807, 2.05) is 0 Å². The second kappa shape index (κ2) is 10.9. The minimum atomic E-state index is -2.48. The summed E-state index contributed by atoms with van der Waals surface area (Å²) in [6, 6.07) is 7.77. The van der Waals surface area contributed by atoms with Gasteiger partial charge in [-0.15, -0.1) is 0 Å². The predicted molar refractivity (Wildman–Crippen MR) is 128 cm³/mol. The normalized spacial score (nSPS) is 20.5. The van der Waals surface area contributed by atoms with Gasteiger partial charge in [-0.25, -0.2) is 18.3 Å². The summed E-state index contributed by atoms with van der Waals surface area (Å²) in [4.78, 5) is 20.7. The average molecular weight is 502 g/mol. The Labute approximate surface area is 207 Å². The van der Waals surface area contributed by atoms with Crippen molar-refractivity contribution in [3.63, 3.8) is 0 Å². The molecule has 7 nitrogen and oxygen atoms in total. The van der Waals surface area contributed by atoms with Crippen LogP contribution in [0, 0.1) is 18.1 Å². The first kappa shape index (κ1) is 23.9. The number of alkyl halides is 2. The molecule has 0 saturated heterocycles. The summed E-state index contributed by atoms with van der Waals surface area (Å²) in [5, 5.41) is 7.75. The third-order valence-electron chi connectivity index (χ3n) is 6.92. The van der Waals surface area contributed by atoms with Crippen LogP contribution in [0.5, 0.6) is 5.19 Å². The van der Waals surface area contributed by atoms with E-state index < -0.39 is 13.0 Å². The number of thiazole rings is 1. The second-order valence-electron chi connectivity index (χ2n) is 9.35. The van der Waals surface area contributed by atoms with E-state index >= 15 is 0 Å². The summed E-state index contributed by atoms with van der Waals surface area (Å²) in [5.41, 5.74) is 2.17. The molecule has 10 heteroatoms. The molecule has 3 aromatic rings. The number of halogens is 2. The van der Waals surface area contributed by atoms with Crippen LogP contribution in [-0.4, -0.2) is 57.6 Å². The maximum absolute atomic E-state index is 12.7. The van der Waals surface area contributed by atoms with Gasteiger partial charge in [0.25, 0.3) is 17.5 Å². The van der Waals surface area contributed by atoms with Crippen molar-refractivity contribution in [2.45, 2.75) is 64.0 Å². The van der Waals surface area contributed by atoms with Gasteiger partial charge in [-0.2, -0.15) is 5.10 Å². The van der Waals surface area contributed by atoms with Gasteiger partial charge >= 0.3 is 0 Å². The molecular weight excluding hydrogens is 472 g/mol. The van der Waals surface area contributed by atoms with Crippen LogP contribution in [0.1, 0.15) is 59.5 Å². The minimum Gasteiger partial charge on any atom is -0.464 e. The Kier molecular flexibility index (Phi) is 7.44. The molecule has 186 valence electrons. The van der Waals surface area contributed by atoms with Crippen LogP contribution in [0.2, 0.25) is 0 Å². The molecule has 4 heterocycles. The van der Waals surface area contributed by atoms with Crippen molar-refractivity contribution in [1.82, 2.24) is 24.8 Å². The number of carbonyl (C=O) groups is 1. The summed E-state index contributed by atoms with van der Waals surface area (Å²) >= 11 is 1.40. The number of ether oxygens (including phenoxy) is 1. The van der Waals surface area contributed by atoms with Gasteiger partial charge in [0.1, 0.15) is 5.52 Å². The van der Waals surface area contributed by atoms with Crippen LogP contribution in [0.4, 0.5) is 8.78 Å². The van der Waals surface area contributed by atoms with Crippen molar-refractivity contribution in [2.75, 3.05) is 19.7 Å². The van der Waals surface area contributed by atoms with E-state index in [1.165, 1.54) is 17.8 Å². The number of nitrogens with one attached hydrogen (secondary N) is 1. The first-order valence-electron chi connectivity index (χ1n) is 12.2. The highest BCUT2D eigenvalue weighted by Gasteiger charge is 2.25. The first-order chi connectivity index (χ1) is 17.0. The van der Waals surface area contributed by atoms with Crippen LogP contribution in [0.3, 0.4) is 0 Å². The summed E-state index contributed by atoms with van der Waals surface area (Å²) in [6.07, 6.45) is 8.33. The summed E-state index contributed by atoms with van der Waals surface area (Å²) in [6.45, 7) is 2.16. The SMILES string of the molecule is O=C(NC1CCC(CCCN2CCc3sc(OCC(F)F)nc3C2)CC1)c1cnn2ccc#cc12. The molecule has 0 bridgehead atoms. The lowest BCUT2D eigenvalue weighted by Gasteiger charge is -2.30. The number of nitrogens with zero attached hydrogens (tertiary/aromatic N) is 4. The van der Waals surface area contributed by atoms with Gasteiger partial charge in [0.05, 0.1) is 17.5 Å². The van der Waals surface area contributed by atoms with E-state index in [-0.39, 0.29) is 11.9 Å². The molecule has 0 atom stereocenters. The lowest BCUT2D eigenvalue weighted by Crippen LogP contribution is -2.37. The Morgan fingerprint density at radius 2 is 2.17 bits per heavy atom. The first-order valence-corrected chi connectivity index (χ1v) is 13.0. The molecule has 1 aliphatic heterocycles. The van der Waals surface area contributed by atoms with Crippen molar-refractivity contribution in [1.29, 1.82) is 0 Å². The molecule has 1 aliphatic carbocycles. The molecule has 5 rings (SSSR count). The van der Waals surface area contributed by atoms with E-state index in [0.717, 1.165) is 68.7 Å². The summed E-state index contributed by atoms with van der Waals surface area (Å²) in [7, 11) is 0. The average Bonchev–Trinajstić information content (AvgIpc) is 3.47. The number of rotatable bonds is 9. The molecule has 1 N–H and O–H groups in total. The molecule has 0 spiro atoms. The molecule has 0 aromatic carbocycles. The Hall–Kier alpha value is -2.77. The Balaban J connectivity index is 1.01. The van der Waals surface area contributed by atoms with Crippen molar-refractivity contribution in [2.24, 2.45) is 5.92 Å². The van der Waals surface area contributed by atoms with Gasteiger partial charge in [-0.05, 0) is 63.5 Å². The third-order valence-corrected chi connectivity index (χ3v) is 7.99. The second-order valence-corrected chi connectivity index (χ2v) is 10.4. The van der Waals surface area contributed by atoms with Gasteiger partial charge in [-0.3, -0.25) is 9.69 Å². The van der Waals surface area contributed by atoms with E-state index in [2.05, 4.69) is 32.4 Å². The van der Waals surface area contributed by atoms with Crippen LogP contribution in [0.25, 0.3) is 5.52 Å². The lowest BCUT2D eigenvalue weighted by atomic mass is 9.83. The Bertz CT molecular complexity index is 1140. The standard InChI is InChI=1S/C25H29F2N5O2S/c26-23(27)16-34-25-30-20-15-31(13-10-22(20)35-25)11-3-4-17-6-8-18(9-7-17)29-24(33)19-14-28-32-12-2-1-5-21(19)32/h2,12,14,17-18,23H,3-4,6-11,13,15-16H2,(H,29,33). The fraction of sp³-hybridized carbons (Fsp3) is 0.560. The zero-order chi connectivity index (χ0) is 24.2. The fourth-order valence-electron chi connectivity index (χ4n) is 5.06. The van der Waals surface area contributed by atoms with Gasteiger partial charge in [0.15, 0.2) is 6.61 Å². The van der Waals surface area contributed by atoms with Gasteiger partial charge < -0.3 is 10.1 Å². The van der Waals surface area contributed by atoms with Crippen LogP contribution in [0.15, 0.2) is 18.5 Å². The van der Waals surface area contributed by atoms with Crippen LogP contribution < -0.4 is 10.1 Å². The Morgan fingerprint density at radius 1 is 1.31 bits per heavy atom.